The van der Waals surface area contributed by atoms with E-state index in [1.54, 1.807) is 0 Å². The second-order valence-electron chi connectivity index (χ2n) is 5.41. The van der Waals surface area contributed by atoms with Crippen LogP contribution in [0, 0.1) is 4.77 Å². The molecule has 0 unspecified atom stereocenters. The molecule has 1 aromatic heterocycles. The molecule has 0 spiro atoms. The SMILES string of the molecule is S=c1[nH]c2cc(Cl)c(Cl)cc2n1C1Cc2ccccc2C1. The maximum atomic E-state index is 6.17. The van der Waals surface area contributed by atoms with Crippen LogP contribution in [0.15, 0.2) is 36.4 Å². The minimum atomic E-state index is 0.334. The number of halogens is 2. The van der Waals surface area contributed by atoms with Crippen molar-refractivity contribution in [3.05, 3.63) is 62.3 Å². The van der Waals surface area contributed by atoms with Gasteiger partial charge < -0.3 is 9.55 Å². The first-order valence-corrected chi connectivity index (χ1v) is 7.96. The predicted molar refractivity (Wildman–Crippen MR) is 90.0 cm³/mol. The maximum Gasteiger partial charge on any atom is 0.178 e. The third-order valence-electron chi connectivity index (χ3n) is 4.15. The molecule has 0 radical (unpaired) electrons. The summed E-state index contributed by atoms with van der Waals surface area (Å²) in [5, 5.41) is 1.10. The van der Waals surface area contributed by atoms with Gasteiger partial charge in [0.1, 0.15) is 0 Å². The van der Waals surface area contributed by atoms with E-state index >= 15 is 0 Å². The van der Waals surface area contributed by atoms with E-state index < -0.39 is 0 Å². The minimum Gasteiger partial charge on any atom is -0.331 e. The number of hydrogen-bond donors (Lipinski definition) is 1. The summed E-state index contributed by atoms with van der Waals surface area (Å²) in [6, 6.07) is 12.6. The van der Waals surface area contributed by atoms with Crippen molar-refractivity contribution in [1.29, 1.82) is 0 Å². The Kier molecular flexibility index (Phi) is 3.10. The molecular formula is C16H12Cl2N2S. The van der Waals surface area contributed by atoms with E-state index in [1.807, 2.05) is 12.1 Å². The molecular weight excluding hydrogens is 323 g/mol. The van der Waals surface area contributed by atoms with Gasteiger partial charge in [0.15, 0.2) is 4.77 Å². The van der Waals surface area contributed by atoms with E-state index in [2.05, 4.69) is 33.8 Å². The van der Waals surface area contributed by atoms with E-state index in [0.717, 1.165) is 28.6 Å². The second-order valence-corrected chi connectivity index (χ2v) is 6.62. The topological polar surface area (TPSA) is 20.7 Å². The number of nitrogens with one attached hydrogen (secondary N) is 1. The Morgan fingerprint density at radius 1 is 1.05 bits per heavy atom. The Morgan fingerprint density at radius 3 is 2.33 bits per heavy atom. The van der Waals surface area contributed by atoms with E-state index in [1.165, 1.54) is 11.1 Å². The first-order valence-electron chi connectivity index (χ1n) is 6.79. The molecule has 0 amide bonds. The van der Waals surface area contributed by atoms with Gasteiger partial charge >= 0.3 is 0 Å². The summed E-state index contributed by atoms with van der Waals surface area (Å²) < 4.78 is 2.90. The zero-order chi connectivity index (χ0) is 14.6. The number of nitrogens with zero attached hydrogens (tertiary/aromatic N) is 1. The molecule has 1 N–H and O–H groups in total. The first-order chi connectivity index (χ1) is 10.1. The van der Waals surface area contributed by atoms with Crippen LogP contribution in [0.25, 0.3) is 11.0 Å². The van der Waals surface area contributed by atoms with Crippen molar-refractivity contribution in [2.75, 3.05) is 0 Å². The largest absolute Gasteiger partial charge is 0.331 e. The quantitative estimate of drug-likeness (QED) is 0.595. The number of aromatic amines is 1. The number of hydrogen-bond acceptors (Lipinski definition) is 1. The molecule has 2 nitrogen and oxygen atoms in total. The van der Waals surface area contributed by atoms with Gasteiger partial charge in [0.25, 0.3) is 0 Å². The van der Waals surface area contributed by atoms with Crippen molar-refractivity contribution >= 4 is 46.5 Å². The normalized spacial score (nSPS) is 14.8. The van der Waals surface area contributed by atoms with E-state index in [4.69, 9.17) is 35.4 Å². The number of rotatable bonds is 1. The van der Waals surface area contributed by atoms with Crippen molar-refractivity contribution in [3.63, 3.8) is 0 Å². The summed E-state index contributed by atoms with van der Waals surface area (Å²) in [4.78, 5) is 3.23. The number of benzene rings is 2. The lowest BCUT2D eigenvalue weighted by Gasteiger charge is -2.13. The van der Waals surface area contributed by atoms with Crippen LogP contribution in [0.5, 0.6) is 0 Å². The van der Waals surface area contributed by atoms with Gasteiger partial charge in [-0.15, -0.1) is 0 Å². The van der Waals surface area contributed by atoms with Crippen LogP contribution in [0.2, 0.25) is 10.0 Å². The molecule has 5 heteroatoms. The van der Waals surface area contributed by atoms with Crippen molar-refractivity contribution in [3.8, 4) is 0 Å². The third-order valence-corrected chi connectivity index (χ3v) is 5.17. The summed E-state index contributed by atoms with van der Waals surface area (Å²) in [7, 11) is 0. The average Bonchev–Trinajstić information content (AvgIpc) is 2.99. The smallest absolute Gasteiger partial charge is 0.178 e. The highest BCUT2D eigenvalue weighted by Crippen LogP contribution is 2.34. The number of imidazole rings is 1. The molecule has 0 saturated heterocycles. The van der Waals surface area contributed by atoms with Crippen LogP contribution in [0.3, 0.4) is 0 Å². The van der Waals surface area contributed by atoms with Gasteiger partial charge in [-0.3, -0.25) is 0 Å². The third kappa shape index (κ3) is 2.11. The molecule has 2 aromatic carbocycles. The number of aromatic nitrogens is 2. The van der Waals surface area contributed by atoms with Crippen molar-refractivity contribution in [1.82, 2.24) is 9.55 Å². The zero-order valence-corrected chi connectivity index (χ0v) is 13.4. The molecule has 3 aromatic rings. The van der Waals surface area contributed by atoms with Gasteiger partial charge in [-0.05, 0) is 48.3 Å². The summed E-state index contributed by atoms with van der Waals surface area (Å²) >= 11 is 17.8. The lowest BCUT2D eigenvalue weighted by molar-refractivity contribution is 0.537. The molecule has 1 aliphatic rings. The molecule has 106 valence electrons. The van der Waals surface area contributed by atoms with Gasteiger partial charge in [0.05, 0.1) is 21.1 Å². The maximum absolute atomic E-state index is 6.17. The molecule has 0 aliphatic heterocycles. The predicted octanol–water partition coefficient (Wildman–Crippen LogP) is 5.35. The fraction of sp³-hybridized carbons (Fsp3) is 0.188. The van der Waals surface area contributed by atoms with Crippen molar-refractivity contribution in [2.45, 2.75) is 18.9 Å². The molecule has 1 heterocycles. The Balaban J connectivity index is 1.87. The summed E-state index contributed by atoms with van der Waals surface area (Å²) in [6.07, 6.45) is 2.00. The number of fused-ring (bicyclic) bond motifs is 2. The summed E-state index contributed by atoms with van der Waals surface area (Å²) in [5.41, 5.74) is 4.76. The Bertz CT molecular complexity index is 885. The van der Waals surface area contributed by atoms with Crippen molar-refractivity contribution in [2.24, 2.45) is 0 Å². The fourth-order valence-electron chi connectivity index (χ4n) is 3.20. The second kappa shape index (κ2) is 4.87. The van der Waals surface area contributed by atoms with E-state index in [-0.39, 0.29) is 0 Å². The highest BCUT2D eigenvalue weighted by molar-refractivity contribution is 7.71. The minimum absolute atomic E-state index is 0.334. The lowest BCUT2D eigenvalue weighted by Crippen LogP contribution is -2.08. The molecule has 4 rings (SSSR count). The molecule has 21 heavy (non-hydrogen) atoms. The molecule has 0 bridgehead atoms. The fourth-order valence-corrected chi connectivity index (χ4v) is 3.88. The average molecular weight is 335 g/mol. The lowest BCUT2D eigenvalue weighted by atomic mass is 10.1. The molecule has 0 saturated carbocycles. The zero-order valence-electron chi connectivity index (χ0n) is 11.1. The van der Waals surface area contributed by atoms with E-state index in [9.17, 15) is 0 Å². The first kappa shape index (κ1) is 13.4. The molecule has 0 fully saturated rings. The van der Waals surface area contributed by atoms with E-state index in [0.29, 0.717) is 16.1 Å². The molecule has 0 atom stereocenters. The van der Waals surface area contributed by atoms with Gasteiger partial charge in [-0.25, -0.2) is 0 Å². The Morgan fingerprint density at radius 2 is 1.67 bits per heavy atom. The Labute approximate surface area is 137 Å². The highest BCUT2D eigenvalue weighted by Gasteiger charge is 2.24. The standard InChI is InChI=1S/C16H12Cl2N2S/c17-12-7-14-15(8-13(12)18)20(16(21)19-14)11-5-9-3-1-2-4-10(9)6-11/h1-4,7-8,11H,5-6H2,(H,19,21). The van der Waals surface area contributed by atoms with Crippen LogP contribution < -0.4 is 0 Å². The van der Waals surface area contributed by atoms with Crippen LogP contribution in [-0.2, 0) is 12.8 Å². The van der Waals surface area contributed by atoms with Crippen LogP contribution in [0.1, 0.15) is 17.2 Å². The number of H-pyrrole nitrogens is 1. The van der Waals surface area contributed by atoms with Crippen molar-refractivity contribution < 1.29 is 0 Å². The van der Waals surface area contributed by atoms with Gasteiger partial charge in [-0.1, -0.05) is 47.5 Å². The Hall–Kier alpha value is -1.29. The summed E-state index contributed by atoms with van der Waals surface area (Å²) in [5.74, 6) is 0. The van der Waals surface area contributed by atoms with Gasteiger partial charge in [-0.2, -0.15) is 0 Å². The van der Waals surface area contributed by atoms with Crippen LogP contribution in [-0.4, -0.2) is 9.55 Å². The highest BCUT2D eigenvalue weighted by atomic mass is 35.5. The van der Waals surface area contributed by atoms with Crippen LogP contribution >= 0.6 is 35.4 Å². The van der Waals surface area contributed by atoms with Gasteiger partial charge in [0, 0.05) is 6.04 Å². The van der Waals surface area contributed by atoms with Gasteiger partial charge in [0.2, 0.25) is 0 Å². The van der Waals surface area contributed by atoms with Crippen LogP contribution in [0.4, 0.5) is 0 Å². The monoisotopic (exact) mass is 334 g/mol. The molecule has 1 aliphatic carbocycles. The summed E-state index contributed by atoms with van der Waals surface area (Å²) in [6.45, 7) is 0.